The van der Waals surface area contributed by atoms with Crippen molar-refractivity contribution in [2.75, 3.05) is 25.8 Å². The highest BCUT2D eigenvalue weighted by Crippen LogP contribution is 2.40. The second-order valence-corrected chi connectivity index (χ2v) is 10.5. The van der Waals surface area contributed by atoms with Gasteiger partial charge >= 0.3 is 0 Å². The fourth-order valence-electron chi connectivity index (χ4n) is 3.18. The summed E-state index contributed by atoms with van der Waals surface area (Å²) >= 11 is 0. The molecule has 1 atom stereocenters. The molecule has 27 heavy (non-hydrogen) atoms. The van der Waals surface area contributed by atoms with E-state index in [-0.39, 0.29) is 6.04 Å². The quantitative estimate of drug-likeness (QED) is 0.648. The lowest BCUT2D eigenvalue weighted by atomic mass is 10.1. The molecule has 0 aliphatic carbocycles. The fraction of sp³-hybridized carbons (Fsp3) is 0.333. The number of methoxy groups -OCH3 is 1. The Labute approximate surface area is 160 Å². The summed E-state index contributed by atoms with van der Waals surface area (Å²) in [6.07, 6.45) is 0. The number of hydrogen-bond acceptors (Lipinski definition) is 5. The Morgan fingerprint density at radius 2 is 1.85 bits per heavy atom. The van der Waals surface area contributed by atoms with Crippen molar-refractivity contribution in [2.24, 2.45) is 0 Å². The Hall–Kier alpha value is -2.39. The van der Waals surface area contributed by atoms with Crippen LogP contribution < -0.4 is 15.4 Å². The fourth-order valence-corrected chi connectivity index (χ4v) is 4.31. The van der Waals surface area contributed by atoms with Crippen molar-refractivity contribution in [1.29, 1.82) is 0 Å². The van der Waals surface area contributed by atoms with Crippen LogP contribution in [0.1, 0.15) is 29.9 Å². The highest BCUT2D eigenvalue weighted by atomic mass is 31.2. The summed E-state index contributed by atoms with van der Waals surface area (Å²) in [7, 11) is -0.925. The molecule has 1 aromatic heterocycles. The minimum Gasteiger partial charge on any atom is -0.496 e. The summed E-state index contributed by atoms with van der Waals surface area (Å²) < 4.78 is 18.2. The maximum atomic E-state index is 12.8. The van der Waals surface area contributed by atoms with Gasteiger partial charge in [-0.25, -0.2) is 9.97 Å². The van der Waals surface area contributed by atoms with Crippen molar-refractivity contribution in [3.8, 4) is 5.75 Å². The average molecular weight is 383 g/mol. The van der Waals surface area contributed by atoms with Crippen molar-refractivity contribution in [3.05, 3.63) is 53.3 Å². The first-order valence-electron chi connectivity index (χ1n) is 8.94. The van der Waals surface area contributed by atoms with Crippen LogP contribution in [0.25, 0.3) is 10.9 Å². The molecule has 0 fully saturated rings. The van der Waals surface area contributed by atoms with Crippen molar-refractivity contribution >= 4 is 29.2 Å². The van der Waals surface area contributed by atoms with Gasteiger partial charge in [0.05, 0.1) is 17.9 Å². The van der Waals surface area contributed by atoms with Gasteiger partial charge in [-0.15, -0.1) is 0 Å². The molecule has 0 unspecified atom stereocenters. The SMILES string of the molecule is COc1cc2nc(C)nc(N[C@H](C)c3cccc(C)c3)c2cc1P(C)(C)=O. The third-order valence-electron chi connectivity index (χ3n) is 4.58. The van der Waals surface area contributed by atoms with Crippen LogP contribution in [0.15, 0.2) is 36.4 Å². The molecule has 5 nitrogen and oxygen atoms in total. The van der Waals surface area contributed by atoms with Crippen molar-refractivity contribution in [2.45, 2.75) is 26.8 Å². The Morgan fingerprint density at radius 3 is 2.48 bits per heavy atom. The first kappa shape index (κ1) is 19.4. The molecule has 142 valence electrons. The van der Waals surface area contributed by atoms with Crippen molar-refractivity contribution in [3.63, 3.8) is 0 Å². The van der Waals surface area contributed by atoms with Gasteiger partial charge in [-0.2, -0.15) is 0 Å². The average Bonchev–Trinajstić information content (AvgIpc) is 2.59. The summed E-state index contributed by atoms with van der Waals surface area (Å²) in [4.78, 5) is 9.16. The first-order valence-corrected chi connectivity index (χ1v) is 11.5. The first-order chi connectivity index (χ1) is 12.7. The zero-order valence-corrected chi connectivity index (χ0v) is 17.6. The number of aryl methyl sites for hydroxylation is 2. The summed E-state index contributed by atoms with van der Waals surface area (Å²) in [6, 6.07) is 12.2. The minimum absolute atomic E-state index is 0.0722. The number of benzene rings is 2. The van der Waals surface area contributed by atoms with Crippen LogP contribution in [0.4, 0.5) is 5.82 Å². The van der Waals surface area contributed by atoms with Gasteiger partial charge in [0, 0.05) is 17.5 Å². The van der Waals surface area contributed by atoms with Gasteiger partial charge in [0.25, 0.3) is 0 Å². The van der Waals surface area contributed by atoms with Gasteiger partial charge in [0.15, 0.2) is 0 Å². The molecule has 0 radical (unpaired) electrons. The van der Waals surface area contributed by atoms with Crippen LogP contribution >= 0.6 is 7.14 Å². The third-order valence-corrected chi connectivity index (χ3v) is 6.09. The minimum atomic E-state index is -2.52. The summed E-state index contributed by atoms with van der Waals surface area (Å²) in [5.41, 5.74) is 3.18. The molecule has 0 saturated carbocycles. The molecular formula is C21H26N3O2P. The van der Waals surface area contributed by atoms with E-state index >= 15 is 0 Å². The maximum absolute atomic E-state index is 12.8. The molecule has 3 rings (SSSR count). The van der Waals surface area contributed by atoms with Gasteiger partial charge in [0.1, 0.15) is 24.5 Å². The molecular weight excluding hydrogens is 357 g/mol. The maximum Gasteiger partial charge on any atom is 0.138 e. The number of fused-ring (bicyclic) bond motifs is 1. The number of ether oxygens (including phenoxy) is 1. The molecule has 1 heterocycles. The van der Waals surface area contributed by atoms with E-state index in [9.17, 15) is 4.57 Å². The van der Waals surface area contributed by atoms with E-state index < -0.39 is 7.14 Å². The molecule has 1 N–H and O–H groups in total. The Morgan fingerprint density at radius 1 is 1.11 bits per heavy atom. The van der Waals surface area contributed by atoms with Crippen LogP contribution in [0.2, 0.25) is 0 Å². The predicted molar refractivity (Wildman–Crippen MR) is 113 cm³/mol. The molecule has 0 spiro atoms. The van der Waals surface area contributed by atoms with Crippen molar-refractivity contribution in [1.82, 2.24) is 9.97 Å². The topological polar surface area (TPSA) is 64.1 Å². The number of nitrogens with one attached hydrogen (secondary N) is 1. The standard InChI is InChI=1S/C21H26N3O2P/c1-13-8-7-9-16(10-13)14(2)22-21-17-11-20(27(5,6)25)19(26-4)12-18(17)23-15(3)24-21/h7-12,14H,1-6H3,(H,22,23,24)/t14-/m1/s1. The highest BCUT2D eigenvalue weighted by molar-refractivity contribution is 7.70. The molecule has 0 amide bonds. The second-order valence-electron chi connectivity index (χ2n) is 7.29. The summed E-state index contributed by atoms with van der Waals surface area (Å²) in [6.45, 7) is 9.54. The van der Waals surface area contributed by atoms with E-state index in [1.54, 1.807) is 20.4 Å². The van der Waals surface area contributed by atoms with Crippen LogP contribution in [0.5, 0.6) is 5.75 Å². The van der Waals surface area contributed by atoms with Crippen LogP contribution in [-0.2, 0) is 4.57 Å². The lowest BCUT2D eigenvalue weighted by Crippen LogP contribution is -2.12. The van der Waals surface area contributed by atoms with E-state index in [1.165, 1.54) is 11.1 Å². The number of anilines is 1. The smallest absolute Gasteiger partial charge is 0.138 e. The summed E-state index contributed by atoms with van der Waals surface area (Å²) in [5.74, 6) is 2.02. The summed E-state index contributed by atoms with van der Waals surface area (Å²) in [5, 5.41) is 5.06. The van der Waals surface area contributed by atoms with E-state index in [0.717, 1.165) is 16.7 Å². The molecule has 0 saturated heterocycles. The zero-order valence-electron chi connectivity index (χ0n) is 16.7. The molecule has 3 aromatic rings. The van der Waals surface area contributed by atoms with E-state index in [2.05, 4.69) is 53.4 Å². The highest BCUT2D eigenvalue weighted by Gasteiger charge is 2.20. The largest absolute Gasteiger partial charge is 0.496 e. The van der Waals surface area contributed by atoms with Crippen LogP contribution in [0, 0.1) is 13.8 Å². The molecule has 0 aliphatic heterocycles. The van der Waals surface area contributed by atoms with E-state index in [0.29, 0.717) is 16.9 Å². The lowest BCUT2D eigenvalue weighted by molar-refractivity contribution is 0.418. The zero-order chi connectivity index (χ0) is 19.8. The van der Waals surface area contributed by atoms with Crippen LogP contribution in [-0.4, -0.2) is 30.4 Å². The van der Waals surface area contributed by atoms with Gasteiger partial charge in [-0.3, -0.25) is 0 Å². The monoisotopic (exact) mass is 383 g/mol. The van der Waals surface area contributed by atoms with Gasteiger partial charge in [0.2, 0.25) is 0 Å². The van der Waals surface area contributed by atoms with Crippen LogP contribution in [0.3, 0.4) is 0 Å². The number of nitrogens with zero attached hydrogens (tertiary/aromatic N) is 2. The molecule has 0 bridgehead atoms. The van der Waals surface area contributed by atoms with Gasteiger partial charge in [-0.05, 0) is 45.7 Å². The van der Waals surface area contributed by atoms with Crippen molar-refractivity contribution < 1.29 is 9.30 Å². The van der Waals surface area contributed by atoms with Gasteiger partial charge < -0.3 is 14.6 Å². The Balaban J connectivity index is 2.13. The number of hydrogen-bond donors (Lipinski definition) is 1. The lowest BCUT2D eigenvalue weighted by Gasteiger charge is -2.19. The predicted octanol–water partition coefficient (Wildman–Crippen LogP) is 4.68. The third kappa shape index (κ3) is 4.14. The number of rotatable bonds is 5. The van der Waals surface area contributed by atoms with Gasteiger partial charge in [-0.1, -0.05) is 29.8 Å². The van der Waals surface area contributed by atoms with E-state index in [4.69, 9.17) is 4.74 Å². The van der Waals surface area contributed by atoms with E-state index in [1.807, 2.05) is 19.1 Å². The molecule has 6 heteroatoms. The Bertz CT molecular complexity index is 1040. The Kier molecular flexibility index (Phi) is 5.25. The molecule has 2 aromatic carbocycles. The number of aromatic nitrogens is 2. The second kappa shape index (κ2) is 7.32. The molecule has 0 aliphatic rings. The normalized spacial score (nSPS) is 12.8.